The molecule has 0 radical (unpaired) electrons. The van der Waals surface area contributed by atoms with Crippen molar-refractivity contribution in [3.63, 3.8) is 0 Å². The van der Waals surface area contributed by atoms with E-state index in [0.717, 1.165) is 13.1 Å². The fourth-order valence-electron chi connectivity index (χ4n) is 3.16. The lowest BCUT2D eigenvalue weighted by Crippen LogP contribution is -2.48. The van der Waals surface area contributed by atoms with Crippen molar-refractivity contribution in [3.05, 3.63) is 77.7 Å². The van der Waals surface area contributed by atoms with Gasteiger partial charge in [0.25, 0.3) is 5.91 Å². The zero-order chi connectivity index (χ0) is 20.1. The van der Waals surface area contributed by atoms with Gasteiger partial charge in [-0.2, -0.15) is 4.98 Å². The lowest BCUT2D eigenvalue weighted by Gasteiger charge is -2.34. The van der Waals surface area contributed by atoms with Crippen molar-refractivity contribution >= 4 is 5.91 Å². The first-order valence-electron chi connectivity index (χ1n) is 9.44. The molecule has 0 spiro atoms. The molecule has 0 unspecified atom stereocenters. The molecule has 1 fully saturated rings. The van der Waals surface area contributed by atoms with Crippen molar-refractivity contribution in [2.75, 3.05) is 26.2 Å². The van der Waals surface area contributed by atoms with Gasteiger partial charge >= 0.3 is 0 Å². The summed E-state index contributed by atoms with van der Waals surface area (Å²) >= 11 is 0. The SMILES string of the molecule is O=C(c1ccccc1)N1CCN(Cc2nc(COc3ccc(F)cc3)no2)CC1. The molecule has 29 heavy (non-hydrogen) atoms. The topological polar surface area (TPSA) is 71.7 Å². The van der Waals surface area contributed by atoms with Crippen molar-refractivity contribution in [2.45, 2.75) is 13.2 Å². The minimum atomic E-state index is -0.315. The predicted octanol–water partition coefficient (Wildman–Crippen LogP) is 2.75. The van der Waals surface area contributed by atoms with Gasteiger partial charge in [0.15, 0.2) is 6.61 Å². The number of piperazine rings is 1. The van der Waals surface area contributed by atoms with Crippen LogP contribution in [-0.2, 0) is 13.2 Å². The van der Waals surface area contributed by atoms with Crippen molar-refractivity contribution in [2.24, 2.45) is 0 Å². The van der Waals surface area contributed by atoms with Gasteiger partial charge in [-0.15, -0.1) is 0 Å². The normalized spacial score (nSPS) is 14.7. The van der Waals surface area contributed by atoms with Gasteiger partial charge in [-0.05, 0) is 36.4 Å². The van der Waals surface area contributed by atoms with E-state index in [0.29, 0.717) is 42.7 Å². The molecule has 1 amide bonds. The van der Waals surface area contributed by atoms with Gasteiger partial charge in [-0.3, -0.25) is 9.69 Å². The van der Waals surface area contributed by atoms with E-state index in [1.807, 2.05) is 35.2 Å². The molecule has 2 aromatic carbocycles. The maximum Gasteiger partial charge on any atom is 0.253 e. The predicted molar refractivity (Wildman–Crippen MR) is 103 cm³/mol. The second kappa shape index (κ2) is 8.83. The first kappa shape index (κ1) is 19.1. The smallest absolute Gasteiger partial charge is 0.253 e. The number of carbonyl (C=O) groups excluding carboxylic acids is 1. The molecular weight excluding hydrogens is 375 g/mol. The van der Waals surface area contributed by atoms with E-state index in [1.165, 1.54) is 12.1 Å². The maximum atomic E-state index is 12.9. The first-order chi connectivity index (χ1) is 14.2. The van der Waals surface area contributed by atoms with E-state index in [-0.39, 0.29) is 18.3 Å². The van der Waals surface area contributed by atoms with Gasteiger partial charge in [-0.25, -0.2) is 4.39 Å². The first-order valence-corrected chi connectivity index (χ1v) is 9.44. The van der Waals surface area contributed by atoms with Crippen LogP contribution in [0.5, 0.6) is 5.75 Å². The summed E-state index contributed by atoms with van der Waals surface area (Å²) in [7, 11) is 0. The van der Waals surface area contributed by atoms with Gasteiger partial charge in [0.1, 0.15) is 11.6 Å². The number of nitrogens with zero attached hydrogens (tertiary/aromatic N) is 4. The molecule has 0 aliphatic carbocycles. The summed E-state index contributed by atoms with van der Waals surface area (Å²) < 4.78 is 23.7. The Morgan fingerprint density at radius 1 is 1.03 bits per heavy atom. The highest BCUT2D eigenvalue weighted by atomic mass is 19.1. The van der Waals surface area contributed by atoms with Crippen LogP contribution in [0.1, 0.15) is 22.1 Å². The van der Waals surface area contributed by atoms with Crippen LogP contribution in [0.2, 0.25) is 0 Å². The molecule has 2 heterocycles. The Kier molecular flexibility index (Phi) is 5.81. The number of amides is 1. The summed E-state index contributed by atoms with van der Waals surface area (Å²) in [6.45, 7) is 3.46. The minimum absolute atomic E-state index is 0.0586. The van der Waals surface area contributed by atoms with Crippen molar-refractivity contribution in [3.8, 4) is 5.75 Å². The molecular formula is C21H21FN4O3. The molecule has 4 rings (SSSR count). The molecule has 7 nitrogen and oxygen atoms in total. The molecule has 3 aromatic rings. The molecule has 1 aromatic heterocycles. The minimum Gasteiger partial charge on any atom is -0.485 e. The summed E-state index contributed by atoms with van der Waals surface area (Å²) in [6.07, 6.45) is 0. The Morgan fingerprint density at radius 2 is 1.76 bits per heavy atom. The molecule has 0 N–H and O–H groups in total. The quantitative estimate of drug-likeness (QED) is 0.638. The third kappa shape index (κ3) is 4.97. The highest BCUT2D eigenvalue weighted by Crippen LogP contribution is 2.14. The van der Waals surface area contributed by atoms with Gasteiger partial charge in [-0.1, -0.05) is 23.4 Å². The van der Waals surface area contributed by atoms with E-state index in [2.05, 4.69) is 15.0 Å². The van der Waals surface area contributed by atoms with Crippen molar-refractivity contribution in [1.82, 2.24) is 19.9 Å². The average molecular weight is 396 g/mol. The summed E-state index contributed by atoms with van der Waals surface area (Å²) in [5.74, 6) is 1.22. The summed E-state index contributed by atoms with van der Waals surface area (Å²) in [5.41, 5.74) is 0.712. The van der Waals surface area contributed by atoms with Crippen LogP contribution >= 0.6 is 0 Å². The van der Waals surface area contributed by atoms with Gasteiger partial charge in [0.05, 0.1) is 6.54 Å². The monoisotopic (exact) mass is 396 g/mol. The largest absolute Gasteiger partial charge is 0.485 e. The van der Waals surface area contributed by atoms with E-state index in [1.54, 1.807) is 12.1 Å². The van der Waals surface area contributed by atoms with Crippen molar-refractivity contribution in [1.29, 1.82) is 0 Å². The third-order valence-corrected chi connectivity index (χ3v) is 4.73. The van der Waals surface area contributed by atoms with E-state index in [4.69, 9.17) is 9.26 Å². The standard InChI is InChI=1S/C21H21FN4O3/c22-17-6-8-18(9-7-17)28-15-19-23-20(29-24-19)14-25-10-12-26(13-11-25)21(27)16-4-2-1-3-5-16/h1-9H,10-15H2. The average Bonchev–Trinajstić information content (AvgIpc) is 3.21. The lowest BCUT2D eigenvalue weighted by molar-refractivity contribution is 0.0615. The molecule has 0 bridgehead atoms. The Labute approximate surface area is 167 Å². The van der Waals surface area contributed by atoms with Crippen LogP contribution in [0.4, 0.5) is 4.39 Å². The summed E-state index contributed by atoms with van der Waals surface area (Å²) in [6, 6.07) is 15.1. The molecule has 1 saturated heterocycles. The molecule has 0 saturated carbocycles. The number of hydrogen-bond donors (Lipinski definition) is 0. The van der Waals surface area contributed by atoms with Crippen LogP contribution in [-0.4, -0.2) is 52.0 Å². The highest BCUT2D eigenvalue weighted by molar-refractivity contribution is 5.94. The highest BCUT2D eigenvalue weighted by Gasteiger charge is 2.23. The Balaban J connectivity index is 1.24. The zero-order valence-electron chi connectivity index (χ0n) is 15.8. The van der Waals surface area contributed by atoms with Crippen molar-refractivity contribution < 1.29 is 18.4 Å². The fraction of sp³-hybridized carbons (Fsp3) is 0.286. The molecule has 0 atom stereocenters. The Bertz CT molecular complexity index is 938. The van der Waals surface area contributed by atoms with Gasteiger partial charge in [0.2, 0.25) is 11.7 Å². The maximum absolute atomic E-state index is 12.9. The number of benzene rings is 2. The van der Waals surface area contributed by atoms with Crippen LogP contribution in [0.15, 0.2) is 59.1 Å². The van der Waals surface area contributed by atoms with Crippen LogP contribution in [0, 0.1) is 5.82 Å². The zero-order valence-corrected chi connectivity index (χ0v) is 15.8. The number of carbonyl (C=O) groups is 1. The molecule has 1 aliphatic rings. The molecule has 8 heteroatoms. The van der Waals surface area contributed by atoms with Crippen LogP contribution in [0.25, 0.3) is 0 Å². The number of hydrogen-bond acceptors (Lipinski definition) is 6. The number of halogens is 1. The number of aromatic nitrogens is 2. The molecule has 150 valence electrons. The fourth-order valence-corrected chi connectivity index (χ4v) is 3.16. The van der Waals surface area contributed by atoms with E-state index in [9.17, 15) is 9.18 Å². The van der Waals surface area contributed by atoms with E-state index < -0.39 is 0 Å². The van der Waals surface area contributed by atoms with Gasteiger partial charge < -0.3 is 14.2 Å². The summed E-state index contributed by atoms with van der Waals surface area (Å²) in [4.78, 5) is 20.9. The molecule has 1 aliphatic heterocycles. The summed E-state index contributed by atoms with van der Waals surface area (Å²) in [5, 5.41) is 3.92. The van der Waals surface area contributed by atoms with Crippen LogP contribution < -0.4 is 4.74 Å². The second-order valence-electron chi connectivity index (χ2n) is 6.78. The number of ether oxygens (including phenoxy) is 1. The Hall–Kier alpha value is -3.26. The third-order valence-electron chi connectivity index (χ3n) is 4.73. The van der Waals surface area contributed by atoms with Crippen LogP contribution in [0.3, 0.4) is 0 Å². The second-order valence-corrected chi connectivity index (χ2v) is 6.78. The Morgan fingerprint density at radius 3 is 2.48 bits per heavy atom. The van der Waals surface area contributed by atoms with E-state index >= 15 is 0 Å². The lowest BCUT2D eigenvalue weighted by atomic mass is 10.2. The number of rotatable bonds is 6. The van der Waals surface area contributed by atoms with Gasteiger partial charge in [0, 0.05) is 31.7 Å².